The lowest BCUT2D eigenvalue weighted by Gasteiger charge is -2.15. The lowest BCUT2D eigenvalue weighted by Crippen LogP contribution is -2.43. The molecule has 0 heterocycles. The molecule has 0 aromatic heterocycles. The van der Waals surface area contributed by atoms with Gasteiger partial charge in [0.15, 0.2) is 0 Å². The van der Waals surface area contributed by atoms with Gasteiger partial charge in [0.05, 0.1) is 27.1 Å². The summed E-state index contributed by atoms with van der Waals surface area (Å²) < 4.78 is 37.3. The maximum atomic E-state index is 12.0. The summed E-state index contributed by atoms with van der Waals surface area (Å²) in [5, 5.41) is 2.36. The lowest BCUT2D eigenvalue weighted by atomic mass is 10.1. The fourth-order valence-electron chi connectivity index (χ4n) is 1.81. The van der Waals surface area contributed by atoms with E-state index >= 15 is 0 Å². The fraction of sp³-hybridized carbons (Fsp3) is 0.400. The van der Waals surface area contributed by atoms with Gasteiger partial charge < -0.3 is 19.5 Å². The van der Waals surface area contributed by atoms with Gasteiger partial charge in [0.1, 0.15) is 11.8 Å². The summed E-state index contributed by atoms with van der Waals surface area (Å²) in [6, 6.07) is 4.29. The molecule has 24 heavy (non-hydrogen) atoms. The van der Waals surface area contributed by atoms with Gasteiger partial charge in [-0.3, -0.25) is 9.59 Å². The van der Waals surface area contributed by atoms with Crippen molar-refractivity contribution in [3.8, 4) is 5.75 Å². The molecular formula is C15H17F2NO6. The van der Waals surface area contributed by atoms with Crippen LogP contribution >= 0.6 is 0 Å². The monoisotopic (exact) mass is 345 g/mol. The number of esters is 2. The first kappa shape index (κ1) is 19.3. The SMILES string of the molecule is COC(=O)CC(NC(=O)Cc1ccc(OC(F)F)cc1)C(=O)OC. The topological polar surface area (TPSA) is 90.9 Å². The lowest BCUT2D eigenvalue weighted by molar-refractivity contribution is -0.150. The highest BCUT2D eigenvalue weighted by molar-refractivity contribution is 5.88. The number of carbonyl (C=O) groups is 3. The number of hydrogen-bond donors (Lipinski definition) is 1. The van der Waals surface area contributed by atoms with Gasteiger partial charge in [-0.25, -0.2) is 4.79 Å². The molecule has 1 rings (SSSR count). The number of ether oxygens (including phenoxy) is 3. The molecule has 9 heteroatoms. The molecule has 0 aliphatic heterocycles. The molecule has 0 aliphatic carbocycles. The van der Waals surface area contributed by atoms with Gasteiger partial charge in [-0.15, -0.1) is 0 Å². The Kier molecular flexibility index (Phi) is 7.60. The highest BCUT2D eigenvalue weighted by Crippen LogP contribution is 2.15. The average Bonchev–Trinajstić information content (AvgIpc) is 2.54. The molecule has 1 atom stereocenters. The third kappa shape index (κ3) is 6.59. The van der Waals surface area contributed by atoms with Crippen LogP contribution in [0.25, 0.3) is 0 Å². The minimum absolute atomic E-state index is 0.0349. The molecule has 0 fully saturated rings. The number of halogens is 2. The molecule has 0 aliphatic rings. The largest absolute Gasteiger partial charge is 0.469 e. The van der Waals surface area contributed by atoms with E-state index in [4.69, 9.17) is 0 Å². The molecule has 0 spiro atoms. The molecule has 0 saturated carbocycles. The zero-order chi connectivity index (χ0) is 18.1. The highest BCUT2D eigenvalue weighted by atomic mass is 19.3. The Morgan fingerprint density at radius 2 is 1.71 bits per heavy atom. The van der Waals surface area contributed by atoms with Crippen molar-refractivity contribution >= 4 is 17.8 Å². The number of methoxy groups -OCH3 is 2. The number of alkyl halides is 2. The summed E-state index contributed by atoms with van der Waals surface area (Å²) in [5.74, 6) is -2.04. The molecule has 1 aromatic rings. The van der Waals surface area contributed by atoms with Crippen LogP contribution in [0.2, 0.25) is 0 Å². The molecule has 0 saturated heterocycles. The normalized spacial score (nSPS) is 11.5. The van der Waals surface area contributed by atoms with Gasteiger partial charge >= 0.3 is 18.6 Å². The van der Waals surface area contributed by atoms with Crippen LogP contribution in [0.15, 0.2) is 24.3 Å². The Hall–Kier alpha value is -2.71. The van der Waals surface area contributed by atoms with E-state index in [0.717, 1.165) is 14.2 Å². The highest BCUT2D eigenvalue weighted by Gasteiger charge is 2.25. The van der Waals surface area contributed by atoms with Crippen molar-refractivity contribution in [1.29, 1.82) is 0 Å². The molecule has 132 valence electrons. The molecule has 0 radical (unpaired) electrons. The number of hydrogen-bond acceptors (Lipinski definition) is 6. The van der Waals surface area contributed by atoms with Gasteiger partial charge in [0, 0.05) is 0 Å². The summed E-state index contributed by atoms with van der Waals surface area (Å²) in [6.07, 6.45) is -0.486. The quantitative estimate of drug-likeness (QED) is 0.708. The van der Waals surface area contributed by atoms with Crippen molar-refractivity contribution in [3.05, 3.63) is 29.8 Å². The second kappa shape index (κ2) is 9.43. The van der Waals surface area contributed by atoms with Crippen LogP contribution in [0, 0.1) is 0 Å². The minimum Gasteiger partial charge on any atom is -0.469 e. The first-order valence-electron chi connectivity index (χ1n) is 6.83. The standard InChI is InChI=1S/C15H17F2NO6/c1-22-13(20)8-11(14(21)23-2)18-12(19)7-9-3-5-10(6-4-9)24-15(16)17/h3-6,11,15H,7-8H2,1-2H3,(H,18,19). The molecule has 0 bridgehead atoms. The second-order valence-electron chi connectivity index (χ2n) is 4.62. The zero-order valence-corrected chi connectivity index (χ0v) is 13.1. The smallest absolute Gasteiger partial charge is 0.387 e. The summed E-state index contributed by atoms with van der Waals surface area (Å²) in [7, 11) is 2.28. The molecule has 1 amide bonds. The third-order valence-corrected chi connectivity index (χ3v) is 2.93. The molecular weight excluding hydrogens is 328 g/mol. The number of rotatable bonds is 8. The summed E-state index contributed by atoms with van der Waals surface area (Å²) in [5.41, 5.74) is 0.510. The van der Waals surface area contributed by atoms with E-state index in [1.54, 1.807) is 0 Å². The molecule has 1 N–H and O–H groups in total. The van der Waals surface area contributed by atoms with Gasteiger partial charge in [0.25, 0.3) is 0 Å². The van der Waals surface area contributed by atoms with E-state index in [9.17, 15) is 23.2 Å². The van der Waals surface area contributed by atoms with Crippen molar-refractivity contribution in [2.75, 3.05) is 14.2 Å². The minimum atomic E-state index is -2.93. The van der Waals surface area contributed by atoms with Crippen molar-refractivity contribution in [1.82, 2.24) is 5.32 Å². The van der Waals surface area contributed by atoms with E-state index in [2.05, 4.69) is 19.5 Å². The zero-order valence-electron chi connectivity index (χ0n) is 13.1. The van der Waals surface area contributed by atoms with Crippen molar-refractivity contribution in [2.45, 2.75) is 25.5 Å². The van der Waals surface area contributed by atoms with Crippen LogP contribution in [0.3, 0.4) is 0 Å². The van der Waals surface area contributed by atoms with Crippen LogP contribution < -0.4 is 10.1 Å². The molecule has 1 unspecified atom stereocenters. The third-order valence-electron chi connectivity index (χ3n) is 2.93. The van der Waals surface area contributed by atoms with E-state index in [1.807, 2.05) is 0 Å². The Bertz CT molecular complexity index is 576. The van der Waals surface area contributed by atoms with Gasteiger partial charge in [-0.1, -0.05) is 12.1 Å². The van der Waals surface area contributed by atoms with Crippen LogP contribution in [0.5, 0.6) is 5.75 Å². The van der Waals surface area contributed by atoms with E-state index in [0.29, 0.717) is 5.56 Å². The predicted molar refractivity (Wildman–Crippen MR) is 77.4 cm³/mol. The van der Waals surface area contributed by atoms with E-state index in [-0.39, 0.29) is 18.6 Å². The first-order valence-corrected chi connectivity index (χ1v) is 6.83. The Morgan fingerprint density at radius 3 is 2.21 bits per heavy atom. The summed E-state index contributed by atoms with van der Waals surface area (Å²) in [4.78, 5) is 34.8. The average molecular weight is 345 g/mol. The van der Waals surface area contributed by atoms with Gasteiger partial charge in [0.2, 0.25) is 5.91 Å². The summed E-state index contributed by atoms with van der Waals surface area (Å²) in [6.45, 7) is -2.93. The van der Waals surface area contributed by atoms with Crippen molar-refractivity contribution in [2.24, 2.45) is 0 Å². The van der Waals surface area contributed by atoms with Crippen molar-refractivity contribution in [3.63, 3.8) is 0 Å². The Morgan fingerprint density at radius 1 is 1.08 bits per heavy atom. The van der Waals surface area contributed by atoms with E-state index in [1.165, 1.54) is 24.3 Å². The van der Waals surface area contributed by atoms with Crippen LogP contribution in [-0.4, -0.2) is 44.7 Å². The van der Waals surface area contributed by atoms with E-state index < -0.39 is 30.5 Å². The maximum Gasteiger partial charge on any atom is 0.387 e. The van der Waals surface area contributed by atoms with Crippen LogP contribution in [-0.2, 0) is 30.3 Å². The summed E-state index contributed by atoms with van der Waals surface area (Å²) >= 11 is 0. The second-order valence-corrected chi connectivity index (χ2v) is 4.62. The van der Waals surface area contributed by atoms with Gasteiger partial charge in [-0.05, 0) is 17.7 Å². The predicted octanol–water partition coefficient (Wildman–Crippen LogP) is 1.05. The maximum absolute atomic E-state index is 12.0. The van der Waals surface area contributed by atoms with Crippen molar-refractivity contribution < 1.29 is 37.4 Å². The molecule has 7 nitrogen and oxygen atoms in total. The number of nitrogens with one attached hydrogen (secondary N) is 1. The number of amides is 1. The number of benzene rings is 1. The van der Waals surface area contributed by atoms with Gasteiger partial charge in [-0.2, -0.15) is 8.78 Å². The fourth-order valence-corrected chi connectivity index (χ4v) is 1.81. The van der Waals surface area contributed by atoms with Crippen LogP contribution in [0.4, 0.5) is 8.78 Å². The molecule has 1 aromatic carbocycles. The van der Waals surface area contributed by atoms with Crippen LogP contribution in [0.1, 0.15) is 12.0 Å². The Labute approximate surface area is 136 Å². The first-order chi connectivity index (χ1) is 11.3. The Balaban J connectivity index is 2.64. The number of carbonyl (C=O) groups excluding carboxylic acids is 3.